The summed E-state index contributed by atoms with van der Waals surface area (Å²) < 4.78 is 49.5. The molecule has 202 valence electrons. The van der Waals surface area contributed by atoms with Crippen molar-refractivity contribution in [1.29, 1.82) is 0 Å². The fraction of sp³-hybridized carbons (Fsp3) is 0.267. The van der Waals surface area contributed by atoms with Crippen LogP contribution in [0.25, 0.3) is 28.7 Å². The molecular weight excluding hydrogens is 505 g/mol. The highest BCUT2D eigenvalue weighted by atomic mass is 19.4. The highest BCUT2D eigenvalue weighted by Crippen LogP contribution is 2.38. The summed E-state index contributed by atoms with van der Waals surface area (Å²) in [5, 5.41) is 5.15. The van der Waals surface area contributed by atoms with Crippen molar-refractivity contribution in [2.75, 3.05) is 38.2 Å². The Labute approximate surface area is 223 Å². The van der Waals surface area contributed by atoms with Crippen LogP contribution in [0.2, 0.25) is 0 Å². The number of fused-ring (bicyclic) bond motifs is 1. The summed E-state index contributed by atoms with van der Waals surface area (Å²) in [5.41, 5.74) is 0.631. The Balaban J connectivity index is 1.73. The minimum absolute atomic E-state index is 0.122. The number of alkyl halides is 3. The Morgan fingerprint density at radius 3 is 2.46 bits per heavy atom. The summed E-state index contributed by atoms with van der Waals surface area (Å²) in [7, 11) is 1.60. The third-order valence-electron chi connectivity index (χ3n) is 6.97. The highest BCUT2D eigenvalue weighted by Gasteiger charge is 2.35. The van der Waals surface area contributed by atoms with E-state index >= 15 is 0 Å². The van der Waals surface area contributed by atoms with Crippen LogP contribution >= 0.6 is 0 Å². The smallest absolute Gasteiger partial charge is 0.418 e. The van der Waals surface area contributed by atoms with Gasteiger partial charge in [-0.15, -0.1) is 0 Å². The fourth-order valence-corrected chi connectivity index (χ4v) is 5.00. The molecule has 1 aliphatic heterocycles. The normalized spacial score (nSPS) is 15.3. The Morgan fingerprint density at radius 1 is 1.05 bits per heavy atom. The number of pyridine rings is 2. The Kier molecular flexibility index (Phi) is 7.43. The number of hydrogen-bond acceptors (Lipinski definition) is 5. The van der Waals surface area contributed by atoms with Crippen LogP contribution in [-0.2, 0) is 12.6 Å². The lowest BCUT2D eigenvalue weighted by molar-refractivity contribution is -0.137. The second-order valence-corrected chi connectivity index (χ2v) is 9.35. The van der Waals surface area contributed by atoms with E-state index in [1.54, 1.807) is 30.3 Å². The van der Waals surface area contributed by atoms with Crippen LogP contribution in [0.15, 0.2) is 65.6 Å². The van der Waals surface area contributed by atoms with Crippen molar-refractivity contribution in [3.05, 3.63) is 92.8 Å². The van der Waals surface area contributed by atoms with Crippen molar-refractivity contribution in [3.63, 3.8) is 0 Å². The third kappa shape index (κ3) is 5.40. The molecule has 0 saturated carbocycles. The average Bonchev–Trinajstić information content (AvgIpc) is 2.95. The molecular formula is C30H29F3N4O2. The molecule has 1 aliphatic rings. The summed E-state index contributed by atoms with van der Waals surface area (Å²) in [6.45, 7) is 4.01. The van der Waals surface area contributed by atoms with Gasteiger partial charge in [0.25, 0.3) is 5.56 Å². The molecule has 4 aromatic rings. The van der Waals surface area contributed by atoms with Crippen molar-refractivity contribution in [1.82, 2.24) is 14.9 Å². The van der Waals surface area contributed by atoms with E-state index in [0.29, 0.717) is 54.1 Å². The zero-order valence-electron chi connectivity index (χ0n) is 21.8. The predicted octanol–water partition coefficient (Wildman–Crippen LogP) is 3.65. The van der Waals surface area contributed by atoms with Gasteiger partial charge < -0.3 is 15.0 Å². The van der Waals surface area contributed by atoms with E-state index in [9.17, 15) is 18.0 Å². The van der Waals surface area contributed by atoms with Crippen LogP contribution in [0.3, 0.4) is 0 Å². The first kappa shape index (κ1) is 26.5. The fourth-order valence-electron chi connectivity index (χ4n) is 5.00. The molecule has 0 radical (unpaired) electrons. The SMILES string of the molecule is CC=c1ncc2ccc(=O)n(-c3ccc(N4CCNCC4)c(C(F)(F)F)c3)c2c1=CCc1ccc(OC)cc1. The maximum absolute atomic E-state index is 14.3. The quantitative estimate of drug-likeness (QED) is 0.424. The number of ether oxygens (including phenoxy) is 1. The van der Waals surface area contributed by atoms with E-state index in [1.807, 2.05) is 43.3 Å². The van der Waals surface area contributed by atoms with E-state index < -0.39 is 17.3 Å². The molecule has 9 heteroatoms. The molecule has 0 aliphatic carbocycles. The minimum atomic E-state index is -4.59. The summed E-state index contributed by atoms with van der Waals surface area (Å²) >= 11 is 0. The maximum atomic E-state index is 14.3. The molecule has 0 unspecified atom stereocenters. The number of nitrogens with one attached hydrogen (secondary N) is 1. The van der Waals surface area contributed by atoms with E-state index in [-0.39, 0.29) is 11.4 Å². The van der Waals surface area contributed by atoms with E-state index in [0.717, 1.165) is 17.4 Å². The van der Waals surface area contributed by atoms with Crippen LogP contribution in [0, 0.1) is 0 Å². The van der Waals surface area contributed by atoms with Gasteiger partial charge in [-0.3, -0.25) is 14.3 Å². The van der Waals surface area contributed by atoms with Crippen molar-refractivity contribution >= 4 is 28.7 Å². The van der Waals surface area contributed by atoms with Crippen LogP contribution < -0.4 is 31.1 Å². The number of methoxy groups -OCH3 is 1. The Bertz CT molecular complexity index is 1670. The van der Waals surface area contributed by atoms with Gasteiger partial charge in [0, 0.05) is 54.7 Å². The topological polar surface area (TPSA) is 59.4 Å². The summed E-state index contributed by atoms with van der Waals surface area (Å²) in [4.78, 5) is 19.6. The molecule has 0 amide bonds. The maximum Gasteiger partial charge on any atom is 0.418 e. The zero-order valence-corrected chi connectivity index (χ0v) is 21.8. The largest absolute Gasteiger partial charge is 0.497 e. The van der Waals surface area contributed by atoms with E-state index in [4.69, 9.17) is 4.74 Å². The van der Waals surface area contributed by atoms with Crippen molar-refractivity contribution in [2.45, 2.75) is 19.5 Å². The number of rotatable bonds is 5. The molecule has 1 saturated heterocycles. The third-order valence-corrected chi connectivity index (χ3v) is 6.97. The molecule has 6 nitrogen and oxygen atoms in total. The lowest BCUT2D eigenvalue weighted by Gasteiger charge is -2.32. The highest BCUT2D eigenvalue weighted by molar-refractivity contribution is 5.81. The van der Waals surface area contributed by atoms with Gasteiger partial charge in [-0.2, -0.15) is 13.2 Å². The van der Waals surface area contributed by atoms with Gasteiger partial charge in [0.2, 0.25) is 0 Å². The standard InChI is InChI=1S/C30H29F3N4O2/c1-3-26-24(11-6-20-4-9-23(39-2)10-5-20)29-21(19-35-26)7-13-28(38)37(29)22-8-12-27(25(18-22)30(31,32)33)36-16-14-34-15-17-36/h3-5,7-13,18-19,34H,6,14-17H2,1-2H3. The Morgan fingerprint density at radius 2 is 1.79 bits per heavy atom. The first-order chi connectivity index (χ1) is 18.8. The molecule has 5 rings (SSSR count). The number of hydrogen-bond donors (Lipinski definition) is 1. The molecule has 1 N–H and O–H groups in total. The van der Waals surface area contributed by atoms with Crippen molar-refractivity contribution in [3.8, 4) is 11.4 Å². The number of nitrogens with zero attached hydrogens (tertiary/aromatic N) is 3. The summed E-state index contributed by atoms with van der Waals surface area (Å²) in [6, 6.07) is 14.8. The second-order valence-electron chi connectivity index (χ2n) is 9.35. The number of aromatic nitrogens is 2. The molecule has 2 aromatic carbocycles. The van der Waals surface area contributed by atoms with Crippen LogP contribution in [0.4, 0.5) is 18.9 Å². The second kappa shape index (κ2) is 10.9. The van der Waals surface area contributed by atoms with E-state index in [2.05, 4.69) is 10.3 Å². The number of piperazine rings is 1. The van der Waals surface area contributed by atoms with Crippen molar-refractivity contribution < 1.29 is 17.9 Å². The number of benzene rings is 2. The van der Waals surface area contributed by atoms with E-state index in [1.165, 1.54) is 16.7 Å². The lowest BCUT2D eigenvalue weighted by atomic mass is 10.1. The van der Waals surface area contributed by atoms with Crippen LogP contribution in [0.1, 0.15) is 18.1 Å². The first-order valence-electron chi connectivity index (χ1n) is 12.8. The van der Waals surface area contributed by atoms with Gasteiger partial charge in [0.15, 0.2) is 0 Å². The van der Waals surface area contributed by atoms with Gasteiger partial charge in [-0.25, -0.2) is 0 Å². The monoisotopic (exact) mass is 534 g/mol. The van der Waals surface area contributed by atoms with Gasteiger partial charge in [-0.05, 0) is 55.3 Å². The molecule has 2 aromatic heterocycles. The van der Waals surface area contributed by atoms with Gasteiger partial charge in [-0.1, -0.05) is 24.3 Å². The number of halogens is 3. The van der Waals surface area contributed by atoms with Crippen LogP contribution in [-0.4, -0.2) is 42.8 Å². The predicted molar refractivity (Wildman–Crippen MR) is 148 cm³/mol. The molecule has 0 atom stereocenters. The molecule has 0 bridgehead atoms. The van der Waals surface area contributed by atoms with Gasteiger partial charge in [0.05, 0.1) is 29.2 Å². The van der Waals surface area contributed by atoms with Crippen molar-refractivity contribution in [2.24, 2.45) is 0 Å². The summed E-state index contributed by atoms with van der Waals surface area (Å²) in [6.07, 6.45) is 1.38. The van der Waals surface area contributed by atoms with Gasteiger partial charge in [0.1, 0.15) is 5.75 Å². The van der Waals surface area contributed by atoms with Crippen LogP contribution in [0.5, 0.6) is 5.75 Å². The molecule has 39 heavy (non-hydrogen) atoms. The first-order valence-corrected chi connectivity index (χ1v) is 12.8. The molecule has 3 heterocycles. The van der Waals surface area contributed by atoms with Gasteiger partial charge >= 0.3 is 6.18 Å². The Hall–Kier alpha value is -4.11. The zero-order chi connectivity index (χ0) is 27.6. The molecule has 1 fully saturated rings. The minimum Gasteiger partial charge on any atom is -0.497 e. The average molecular weight is 535 g/mol. The summed E-state index contributed by atoms with van der Waals surface area (Å²) in [5.74, 6) is 0.742. The lowest BCUT2D eigenvalue weighted by Crippen LogP contribution is -2.44. The molecule has 0 spiro atoms. The number of anilines is 1.